The number of nitrogens with zero attached hydrogens (tertiary/aromatic N) is 3. The van der Waals surface area contributed by atoms with E-state index in [4.69, 9.17) is 15.0 Å². The lowest BCUT2D eigenvalue weighted by Gasteiger charge is -2.16. The highest BCUT2D eigenvalue weighted by Gasteiger charge is 2.22. The Morgan fingerprint density at radius 1 is 0.280 bits per heavy atom. The summed E-state index contributed by atoms with van der Waals surface area (Å²) in [5, 5.41) is 5.07. The van der Waals surface area contributed by atoms with Crippen LogP contribution in [-0.4, -0.2) is 15.0 Å². The lowest BCUT2D eigenvalue weighted by molar-refractivity contribution is 1.07. The van der Waals surface area contributed by atoms with Gasteiger partial charge in [-0.3, -0.25) is 0 Å². The number of rotatable bonds is 5. The molecule has 1 heterocycles. The van der Waals surface area contributed by atoms with Crippen molar-refractivity contribution < 1.29 is 0 Å². The van der Waals surface area contributed by atoms with Crippen LogP contribution in [0.15, 0.2) is 176 Å². The van der Waals surface area contributed by atoms with Crippen LogP contribution in [0.3, 0.4) is 0 Å². The Balaban J connectivity index is 1.11. The summed E-state index contributed by atoms with van der Waals surface area (Å²) in [7, 11) is 0. The van der Waals surface area contributed by atoms with Gasteiger partial charge < -0.3 is 0 Å². The highest BCUT2D eigenvalue weighted by Crippen LogP contribution is 2.49. The topological polar surface area (TPSA) is 38.7 Å². The Morgan fingerprint density at radius 3 is 1.44 bits per heavy atom. The molecule has 0 saturated carbocycles. The van der Waals surface area contributed by atoms with Crippen LogP contribution >= 0.6 is 0 Å². The third-order valence-electron chi connectivity index (χ3n) is 9.88. The molecular weight excluding hydrogens is 607 g/mol. The van der Waals surface area contributed by atoms with E-state index in [1.54, 1.807) is 0 Å². The molecule has 0 amide bonds. The second kappa shape index (κ2) is 11.5. The second-order valence-corrected chi connectivity index (χ2v) is 12.8. The molecule has 1 aliphatic carbocycles. The summed E-state index contributed by atoms with van der Waals surface area (Å²) in [6, 6.07) is 62.3. The third-order valence-corrected chi connectivity index (χ3v) is 9.88. The van der Waals surface area contributed by atoms with Gasteiger partial charge in [0.25, 0.3) is 0 Å². The van der Waals surface area contributed by atoms with Gasteiger partial charge in [-0.1, -0.05) is 170 Å². The minimum atomic E-state index is 0.648. The van der Waals surface area contributed by atoms with Crippen LogP contribution in [0.5, 0.6) is 0 Å². The summed E-state index contributed by atoms with van der Waals surface area (Å²) in [5.41, 5.74) is 12.9. The van der Waals surface area contributed by atoms with Gasteiger partial charge in [-0.25, -0.2) is 15.0 Å². The largest absolute Gasteiger partial charge is 0.208 e. The first kappa shape index (κ1) is 28.3. The molecule has 0 bridgehead atoms. The standard InChI is InChI=1S/C47H29N3/c1-3-12-33(13-4-1)45-48-46(34-14-5-2-6-15-34)50-47(49-45)35-23-21-32(22-24-35)43-37-18-8-7-11-30(37)25-27-38(43)36-26-28-39-40-19-9-16-31-17-10-20-41(44(31)40)42(39)29-36/h1-29H. The zero-order valence-electron chi connectivity index (χ0n) is 27.1. The Kier molecular flexibility index (Phi) is 6.49. The van der Waals surface area contributed by atoms with Crippen molar-refractivity contribution in [2.24, 2.45) is 0 Å². The first-order chi connectivity index (χ1) is 24.8. The average Bonchev–Trinajstić information content (AvgIpc) is 3.52. The van der Waals surface area contributed by atoms with E-state index in [9.17, 15) is 0 Å². The van der Waals surface area contributed by atoms with Crippen LogP contribution < -0.4 is 0 Å². The van der Waals surface area contributed by atoms with Gasteiger partial charge >= 0.3 is 0 Å². The summed E-state index contributed by atoms with van der Waals surface area (Å²) >= 11 is 0. The molecule has 10 rings (SSSR count). The number of benzene rings is 8. The lowest BCUT2D eigenvalue weighted by Crippen LogP contribution is -2.00. The molecule has 3 heteroatoms. The zero-order valence-corrected chi connectivity index (χ0v) is 27.1. The minimum absolute atomic E-state index is 0.648. The predicted octanol–water partition coefficient (Wildman–Crippen LogP) is 12.2. The van der Waals surface area contributed by atoms with E-state index >= 15 is 0 Å². The fourth-order valence-corrected chi connectivity index (χ4v) is 7.51. The Labute approximate surface area is 290 Å². The van der Waals surface area contributed by atoms with Crippen LogP contribution in [0.4, 0.5) is 0 Å². The van der Waals surface area contributed by atoms with Crippen molar-refractivity contribution in [1.82, 2.24) is 15.0 Å². The molecule has 3 nitrogen and oxygen atoms in total. The first-order valence-electron chi connectivity index (χ1n) is 16.9. The van der Waals surface area contributed by atoms with E-state index in [1.807, 2.05) is 60.7 Å². The summed E-state index contributed by atoms with van der Waals surface area (Å²) in [6.45, 7) is 0. The molecule has 0 saturated heterocycles. The van der Waals surface area contributed by atoms with Crippen molar-refractivity contribution in [3.8, 4) is 78.7 Å². The van der Waals surface area contributed by atoms with E-state index in [0.29, 0.717) is 17.5 Å². The van der Waals surface area contributed by atoms with E-state index in [-0.39, 0.29) is 0 Å². The third kappa shape index (κ3) is 4.63. The van der Waals surface area contributed by atoms with Gasteiger partial charge in [0.1, 0.15) is 0 Å². The van der Waals surface area contributed by atoms with Gasteiger partial charge in [-0.2, -0.15) is 0 Å². The highest BCUT2D eigenvalue weighted by atomic mass is 15.0. The maximum absolute atomic E-state index is 4.96. The first-order valence-corrected chi connectivity index (χ1v) is 16.9. The molecule has 0 unspecified atom stereocenters. The number of hydrogen-bond donors (Lipinski definition) is 0. The van der Waals surface area contributed by atoms with Gasteiger partial charge in [0, 0.05) is 16.7 Å². The summed E-state index contributed by atoms with van der Waals surface area (Å²) in [6.07, 6.45) is 0. The molecule has 0 radical (unpaired) electrons. The Bertz CT molecular complexity index is 2670. The van der Waals surface area contributed by atoms with Crippen LogP contribution in [0.1, 0.15) is 0 Å². The molecule has 232 valence electrons. The van der Waals surface area contributed by atoms with Gasteiger partial charge in [0.05, 0.1) is 0 Å². The predicted molar refractivity (Wildman–Crippen MR) is 206 cm³/mol. The van der Waals surface area contributed by atoms with Gasteiger partial charge in [-0.15, -0.1) is 0 Å². The van der Waals surface area contributed by atoms with Crippen molar-refractivity contribution in [2.45, 2.75) is 0 Å². The minimum Gasteiger partial charge on any atom is -0.208 e. The number of fused-ring (bicyclic) bond motifs is 4. The van der Waals surface area contributed by atoms with Crippen molar-refractivity contribution in [3.63, 3.8) is 0 Å². The maximum Gasteiger partial charge on any atom is 0.164 e. The molecule has 0 aliphatic heterocycles. The number of aromatic nitrogens is 3. The fourth-order valence-electron chi connectivity index (χ4n) is 7.51. The normalized spacial score (nSPS) is 11.6. The number of hydrogen-bond acceptors (Lipinski definition) is 3. The smallest absolute Gasteiger partial charge is 0.164 e. The molecule has 1 aliphatic rings. The van der Waals surface area contributed by atoms with Gasteiger partial charge in [0.2, 0.25) is 0 Å². The van der Waals surface area contributed by atoms with Crippen LogP contribution in [0.2, 0.25) is 0 Å². The van der Waals surface area contributed by atoms with Crippen LogP contribution in [-0.2, 0) is 0 Å². The fraction of sp³-hybridized carbons (Fsp3) is 0. The lowest BCUT2D eigenvalue weighted by atomic mass is 9.88. The van der Waals surface area contributed by atoms with Crippen molar-refractivity contribution in [3.05, 3.63) is 176 Å². The van der Waals surface area contributed by atoms with Gasteiger partial charge in [-0.05, 0) is 72.1 Å². The maximum atomic E-state index is 4.96. The zero-order chi connectivity index (χ0) is 33.0. The van der Waals surface area contributed by atoms with E-state index in [2.05, 4.69) is 115 Å². The molecule has 1 aromatic heterocycles. The van der Waals surface area contributed by atoms with Crippen LogP contribution in [0.25, 0.3) is 100 Å². The molecular formula is C47H29N3. The van der Waals surface area contributed by atoms with Crippen molar-refractivity contribution in [1.29, 1.82) is 0 Å². The van der Waals surface area contributed by atoms with Crippen molar-refractivity contribution in [2.75, 3.05) is 0 Å². The molecule has 50 heavy (non-hydrogen) atoms. The molecule has 9 aromatic rings. The Hall–Kier alpha value is -6.71. The second-order valence-electron chi connectivity index (χ2n) is 12.8. The molecule has 0 fully saturated rings. The van der Waals surface area contributed by atoms with E-state index in [0.717, 1.165) is 22.3 Å². The molecule has 8 aromatic carbocycles. The summed E-state index contributed by atoms with van der Waals surface area (Å²) in [4.78, 5) is 14.8. The SMILES string of the molecule is c1ccc(-c2nc(-c3ccccc3)nc(-c3ccc(-c4c(-c5ccc6c(c5)-c5cccc7cccc-6c57)ccc5ccccc45)cc3)n2)cc1. The average molecular weight is 636 g/mol. The van der Waals surface area contributed by atoms with E-state index in [1.165, 1.54) is 60.5 Å². The van der Waals surface area contributed by atoms with Crippen LogP contribution in [0, 0.1) is 0 Å². The highest BCUT2D eigenvalue weighted by molar-refractivity contribution is 6.16. The van der Waals surface area contributed by atoms with E-state index < -0.39 is 0 Å². The summed E-state index contributed by atoms with van der Waals surface area (Å²) in [5.74, 6) is 1.96. The molecule has 0 spiro atoms. The Morgan fingerprint density at radius 2 is 0.780 bits per heavy atom. The monoisotopic (exact) mass is 635 g/mol. The quantitative estimate of drug-likeness (QED) is 0.189. The molecule has 0 N–H and O–H groups in total. The summed E-state index contributed by atoms with van der Waals surface area (Å²) < 4.78 is 0. The van der Waals surface area contributed by atoms with Crippen molar-refractivity contribution >= 4 is 21.5 Å². The van der Waals surface area contributed by atoms with Gasteiger partial charge in [0.15, 0.2) is 17.5 Å². The molecule has 0 atom stereocenters.